The number of amidine groups is 1. The zero-order valence-electron chi connectivity index (χ0n) is 21.4. The number of nitro groups is 2. The molecule has 43 heavy (non-hydrogen) atoms. The van der Waals surface area contributed by atoms with Crippen LogP contribution in [0.3, 0.4) is 0 Å². The number of nitro benzene ring substituents is 2. The molecule has 3 aromatic rings. The van der Waals surface area contributed by atoms with Crippen molar-refractivity contribution in [2.24, 2.45) is 4.99 Å². The summed E-state index contributed by atoms with van der Waals surface area (Å²) in [4.78, 5) is 54.7. The molecule has 224 valence electrons. The standard InChI is InChI=1S/C25H16Cl3F3N6O6/c1-33-21(38)20(34(23(33)39)15-8-6-7-14(13-15)25(29,30)31)32-22(24(26,27)28)35(16-9-2-4-11-18(16)36(40)41)17-10-3-5-12-19(17)37(42)43/h2-13,22H,1H3/b32-20+. The number of halogens is 6. The van der Waals surface area contributed by atoms with Crippen LogP contribution in [-0.4, -0.2) is 49.5 Å². The SMILES string of the molecule is CN1C(=O)/C(=N\C(N(c2ccccc2[N+](=O)[O-])c2ccccc2[N+](=O)[O-])C(Cl)(Cl)Cl)N(c2cccc(C(F)(F)F)c2)C1=O. The van der Waals surface area contributed by atoms with Crippen molar-refractivity contribution < 1.29 is 32.6 Å². The van der Waals surface area contributed by atoms with Gasteiger partial charge in [-0.3, -0.25) is 29.9 Å². The Morgan fingerprint density at radius 2 is 1.37 bits per heavy atom. The average Bonchev–Trinajstić information content (AvgIpc) is 3.15. The number of aliphatic imine (C=N–C) groups is 1. The van der Waals surface area contributed by atoms with Crippen molar-refractivity contribution >= 4 is 81.0 Å². The van der Waals surface area contributed by atoms with Gasteiger partial charge in [0.25, 0.3) is 17.3 Å². The number of nitrogens with zero attached hydrogens (tertiary/aromatic N) is 6. The van der Waals surface area contributed by atoms with Gasteiger partial charge in [0.1, 0.15) is 11.4 Å². The Bertz CT molecular complexity index is 1610. The smallest absolute Gasteiger partial charge is 0.303 e. The predicted molar refractivity (Wildman–Crippen MR) is 152 cm³/mol. The fourth-order valence-electron chi connectivity index (χ4n) is 4.17. The Kier molecular flexibility index (Phi) is 8.53. The Morgan fingerprint density at radius 3 is 1.84 bits per heavy atom. The number of rotatable bonds is 7. The molecule has 1 saturated heterocycles. The van der Waals surface area contributed by atoms with E-state index in [0.29, 0.717) is 15.9 Å². The number of amides is 3. The quantitative estimate of drug-likeness (QED) is 0.117. The third kappa shape index (κ3) is 6.18. The van der Waals surface area contributed by atoms with Crippen LogP contribution in [-0.2, 0) is 11.0 Å². The maximum atomic E-state index is 13.5. The van der Waals surface area contributed by atoms with Gasteiger partial charge < -0.3 is 4.90 Å². The first-order valence-corrected chi connectivity index (χ1v) is 12.9. The Balaban J connectivity index is 2.04. The van der Waals surface area contributed by atoms with Crippen LogP contribution >= 0.6 is 34.8 Å². The molecule has 0 aromatic heterocycles. The van der Waals surface area contributed by atoms with Gasteiger partial charge in [0, 0.05) is 19.2 Å². The molecule has 0 saturated carbocycles. The van der Waals surface area contributed by atoms with Gasteiger partial charge in [-0.15, -0.1) is 0 Å². The summed E-state index contributed by atoms with van der Waals surface area (Å²) in [6.07, 6.45) is -6.87. The number of carbonyl (C=O) groups excluding carboxylic acids is 2. The van der Waals surface area contributed by atoms with Crippen LogP contribution in [0.5, 0.6) is 0 Å². The zero-order chi connectivity index (χ0) is 31.9. The predicted octanol–water partition coefficient (Wildman–Crippen LogP) is 6.85. The minimum atomic E-state index is -4.82. The highest BCUT2D eigenvalue weighted by Gasteiger charge is 2.47. The van der Waals surface area contributed by atoms with Gasteiger partial charge in [0.2, 0.25) is 9.63 Å². The molecule has 0 aliphatic carbocycles. The summed E-state index contributed by atoms with van der Waals surface area (Å²) < 4.78 is 37.8. The molecule has 1 atom stereocenters. The lowest BCUT2D eigenvalue weighted by molar-refractivity contribution is -0.384. The molecule has 0 spiro atoms. The maximum Gasteiger partial charge on any atom is 0.416 e. The van der Waals surface area contributed by atoms with E-state index in [4.69, 9.17) is 34.8 Å². The Hall–Kier alpha value is -4.47. The molecule has 0 N–H and O–H groups in total. The summed E-state index contributed by atoms with van der Waals surface area (Å²) in [5.41, 5.74) is -3.53. The van der Waals surface area contributed by atoms with Crippen molar-refractivity contribution in [1.29, 1.82) is 0 Å². The minimum Gasteiger partial charge on any atom is -0.303 e. The van der Waals surface area contributed by atoms with Crippen LogP contribution in [0.25, 0.3) is 0 Å². The number of benzene rings is 3. The molecule has 1 unspecified atom stereocenters. The van der Waals surface area contributed by atoms with Crippen molar-refractivity contribution in [3.05, 3.63) is 98.6 Å². The third-order valence-corrected chi connectivity index (χ3v) is 6.66. The molecular formula is C25H16Cl3F3N6O6. The van der Waals surface area contributed by atoms with E-state index in [1.54, 1.807) is 0 Å². The van der Waals surface area contributed by atoms with Gasteiger partial charge in [-0.05, 0) is 30.3 Å². The first-order valence-electron chi connectivity index (χ1n) is 11.7. The van der Waals surface area contributed by atoms with Crippen LogP contribution in [0, 0.1) is 20.2 Å². The van der Waals surface area contributed by atoms with E-state index in [0.717, 1.165) is 42.3 Å². The van der Waals surface area contributed by atoms with E-state index >= 15 is 0 Å². The number of para-hydroxylation sites is 4. The fourth-order valence-corrected chi connectivity index (χ4v) is 4.61. The summed E-state index contributed by atoms with van der Waals surface area (Å²) in [6.45, 7) is 0. The molecule has 1 aliphatic heterocycles. The lowest BCUT2D eigenvalue weighted by atomic mass is 10.1. The van der Waals surface area contributed by atoms with Crippen molar-refractivity contribution in [3.8, 4) is 0 Å². The number of urea groups is 1. The number of carbonyl (C=O) groups is 2. The number of hydrogen-bond acceptors (Lipinski definition) is 8. The average molecular weight is 660 g/mol. The molecule has 18 heteroatoms. The first-order chi connectivity index (χ1) is 20.0. The normalized spacial score (nSPS) is 15.7. The molecule has 0 radical (unpaired) electrons. The van der Waals surface area contributed by atoms with E-state index in [-0.39, 0.29) is 11.4 Å². The summed E-state index contributed by atoms with van der Waals surface area (Å²) in [6, 6.07) is 12.1. The highest BCUT2D eigenvalue weighted by Crippen LogP contribution is 2.46. The van der Waals surface area contributed by atoms with E-state index in [2.05, 4.69) is 4.99 Å². The summed E-state index contributed by atoms with van der Waals surface area (Å²) in [7, 11) is 1.03. The summed E-state index contributed by atoms with van der Waals surface area (Å²) in [5, 5.41) is 24.0. The second-order valence-electron chi connectivity index (χ2n) is 8.76. The molecule has 0 bridgehead atoms. The monoisotopic (exact) mass is 658 g/mol. The number of imide groups is 1. The van der Waals surface area contributed by atoms with Gasteiger partial charge in [0.05, 0.1) is 21.1 Å². The van der Waals surface area contributed by atoms with Gasteiger partial charge in [0.15, 0.2) is 6.17 Å². The molecular weight excluding hydrogens is 644 g/mol. The zero-order valence-corrected chi connectivity index (χ0v) is 23.7. The van der Waals surface area contributed by atoms with Crippen LogP contribution < -0.4 is 9.80 Å². The van der Waals surface area contributed by atoms with Gasteiger partial charge in [-0.2, -0.15) is 13.2 Å². The van der Waals surface area contributed by atoms with Crippen LogP contribution in [0.2, 0.25) is 0 Å². The number of anilines is 3. The highest BCUT2D eigenvalue weighted by atomic mass is 35.6. The highest BCUT2D eigenvalue weighted by molar-refractivity contribution is 6.68. The van der Waals surface area contributed by atoms with Gasteiger partial charge in [-0.25, -0.2) is 14.7 Å². The van der Waals surface area contributed by atoms with Crippen LogP contribution in [0.1, 0.15) is 5.56 Å². The number of hydrogen-bond donors (Lipinski definition) is 0. The van der Waals surface area contributed by atoms with Crippen molar-refractivity contribution in [2.45, 2.75) is 16.1 Å². The van der Waals surface area contributed by atoms with Crippen molar-refractivity contribution in [1.82, 2.24) is 4.90 Å². The molecule has 3 aromatic carbocycles. The van der Waals surface area contributed by atoms with Crippen molar-refractivity contribution in [3.63, 3.8) is 0 Å². The molecule has 1 aliphatic rings. The Morgan fingerprint density at radius 1 is 0.860 bits per heavy atom. The van der Waals surface area contributed by atoms with E-state index < -0.39 is 66.4 Å². The van der Waals surface area contributed by atoms with Crippen LogP contribution in [0.15, 0.2) is 77.8 Å². The lowest BCUT2D eigenvalue weighted by Crippen LogP contribution is -2.43. The van der Waals surface area contributed by atoms with Gasteiger partial charge >= 0.3 is 12.2 Å². The molecule has 4 rings (SSSR count). The number of alkyl halides is 6. The molecule has 1 fully saturated rings. The molecule has 12 nitrogen and oxygen atoms in total. The summed E-state index contributed by atoms with van der Waals surface area (Å²) in [5.74, 6) is -1.96. The van der Waals surface area contributed by atoms with E-state index in [1.807, 2.05) is 0 Å². The third-order valence-electron chi connectivity index (χ3n) is 6.08. The van der Waals surface area contributed by atoms with Crippen molar-refractivity contribution in [2.75, 3.05) is 16.8 Å². The van der Waals surface area contributed by atoms with E-state index in [1.165, 1.54) is 36.4 Å². The largest absolute Gasteiger partial charge is 0.416 e. The topological polar surface area (TPSA) is 142 Å². The van der Waals surface area contributed by atoms with E-state index in [9.17, 15) is 43.0 Å². The lowest BCUT2D eigenvalue weighted by Gasteiger charge is -2.34. The molecule has 3 amide bonds. The second-order valence-corrected chi connectivity index (χ2v) is 11.1. The fraction of sp³-hybridized carbons (Fsp3) is 0.160. The summed E-state index contributed by atoms with van der Waals surface area (Å²) >= 11 is 18.9. The molecule has 1 heterocycles. The maximum absolute atomic E-state index is 13.5. The van der Waals surface area contributed by atoms with Gasteiger partial charge in [-0.1, -0.05) is 65.1 Å². The van der Waals surface area contributed by atoms with Crippen LogP contribution in [0.4, 0.5) is 46.4 Å². The minimum absolute atomic E-state index is 0.363. The Labute approximate surface area is 254 Å². The first kappa shape index (κ1) is 31.5. The number of likely N-dealkylation sites (N-methyl/N-ethyl adjacent to an activating group) is 1. The second kappa shape index (κ2) is 11.7.